The van der Waals surface area contributed by atoms with Gasteiger partial charge in [0.2, 0.25) is 0 Å². The third-order valence-corrected chi connectivity index (χ3v) is 6.18. The molecule has 2 aliphatic rings. The van der Waals surface area contributed by atoms with Crippen molar-refractivity contribution in [1.29, 1.82) is 0 Å². The van der Waals surface area contributed by atoms with E-state index in [4.69, 9.17) is 4.74 Å². The van der Waals surface area contributed by atoms with Crippen molar-refractivity contribution in [2.45, 2.75) is 69.9 Å². The molecule has 1 saturated carbocycles. The summed E-state index contributed by atoms with van der Waals surface area (Å²) >= 11 is 2.20. The van der Waals surface area contributed by atoms with Crippen molar-refractivity contribution in [3.63, 3.8) is 0 Å². The average Bonchev–Trinajstić information content (AvgIpc) is 2.30. The Bertz CT molecular complexity index is 272. The summed E-state index contributed by atoms with van der Waals surface area (Å²) in [6, 6.07) is 0.726. The molecule has 1 saturated heterocycles. The van der Waals surface area contributed by atoms with Crippen LogP contribution in [0.2, 0.25) is 0 Å². The monoisotopic (exact) mass is 285 g/mol. The zero-order valence-corrected chi connectivity index (χ0v) is 13.9. The number of nitrogens with one attached hydrogen (secondary N) is 1. The first-order chi connectivity index (χ1) is 9.00. The molecule has 3 atom stereocenters. The summed E-state index contributed by atoms with van der Waals surface area (Å²) in [5.41, 5.74) is 0.463. The van der Waals surface area contributed by atoms with Crippen molar-refractivity contribution in [3.05, 3.63) is 0 Å². The quantitative estimate of drug-likeness (QED) is 0.832. The van der Waals surface area contributed by atoms with Crippen LogP contribution in [0.1, 0.15) is 53.4 Å². The predicted octanol–water partition coefficient (Wildman–Crippen LogP) is 3.70. The predicted molar refractivity (Wildman–Crippen MR) is 84.9 cm³/mol. The first kappa shape index (κ1) is 15.7. The summed E-state index contributed by atoms with van der Waals surface area (Å²) in [5, 5.41) is 5.33. The third-order valence-electron chi connectivity index (χ3n) is 4.65. The van der Waals surface area contributed by atoms with Crippen molar-refractivity contribution >= 4 is 11.8 Å². The fraction of sp³-hybridized carbons (Fsp3) is 1.00. The molecule has 0 aromatic rings. The van der Waals surface area contributed by atoms with Gasteiger partial charge in [0.05, 0.1) is 18.5 Å². The zero-order valence-electron chi connectivity index (χ0n) is 13.1. The first-order valence-electron chi connectivity index (χ1n) is 7.97. The molecule has 1 N–H and O–H groups in total. The lowest BCUT2D eigenvalue weighted by Crippen LogP contribution is -2.47. The molecule has 3 heteroatoms. The Labute approximate surface area is 123 Å². The van der Waals surface area contributed by atoms with Crippen molar-refractivity contribution in [2.75, 3.05) is 19.8 Å². The lowest BCUT2D eigenvalue weighted by Gasteiger charge is -2.43. The summed E-state index contributed by atoms with van der Waals surface area (Å²) < 4.78 is 5.35. The van der Waals surface area contributed by atoms with Crippen LogP contribution in [-0.2, 0) is 4.74 Å². The molecule has 0 amide bonds. The normalized spacial score (nSPS) is 33.2. The van der Waals surface area contributed by atoms with E-state index in [1.165, 1.54) is 32.2 Å². The highest BCUT2D eigenvalue weighted by molar-refractivity contribution is 8.00. The van der Waals surface area contributed by atoms with E-state index >= 15 is 0 Å². The maximum Gasteiger partial charge on any atom is 0.0608 e. The fourth-order valence-corrected chi connectivity index (χ4v) is 4.78. The van der Waals surface area contributed by atoms with E-state index in [0.29, 0.717) is 5.41 Å². The van der Waals surface area contributed by atoms with Gasteiger partial charge in [0, 0.05) is 11.3 Å². The molecule has 0 radical (unpaired) electrons. The largest absolute Gasteiger partial charge is 0.379 e. The Morgan fingerprint density at radius 3 is 2.47 bits per heavy atom. The maximum absolute atomic E-state index is 5.35. The number of hydrogen-bond donors (Lipinski definition) is 1. The molecule has 2 nitrogen and oxygen atoms in total. The summed E-state index contributed by atoms with van der Waals surface area (Å²) in [6.45, 7) is 12.6. The molecule has 3 unspecified atom stereocenters. The first-order valence-corrected chi connectivity index (χ1v) is 8.91. The van der Waals surface area contributed by atoms with Crippen molar-refractivity contribution in [2.24, 2.45) is 11.3 Å². The molecule has 1 aliphatic heterocycles. The molecule has 1 heterocycles. The molecule has 0 spiro atoms. The summed E-state index contributed by atoms with van der Waals surface area (Å²) in [7, 11) is 0. The number of hydrogen-bond acceptors (Lipinski definition) is 3. The minimum atomic E-state index is 0.463. The van der Waals surface area contributed by atoms with Gasteiger partial charge in [-0.25, -0.2) is 0 Å². The Kier molecular flexibility index (Phi) is 5.62. The molecule has 0 aromatic heterocycles. The number of thioether (sulfide) groups is 1. The lowest BCUT2D eigenvalue weighted by molar-refractivity contribution is 0.0447. The second-order valence-corrected chi connectivity index (χ2v) is 8.81. The minimum Gasteiger partial charge on any atom is -0.379 e. The highest BCUT2D eigenvalue weighted by Crippen LogP contribution is 2.43. The van der Waals surface area contributed by atoms with Crippen LogP contribution in [0.5, 0.6) is 0 Å². The molecule has 2 fully saturated rings. The highest BCUT2D eigenvalue weighted by Gasteiger charge is 2.37. The molecule has 2 rings (SSSR count). The molecule has 0 bridgehead atoms. The zero-order chi connectivity index (χ0) is 13.9. The van der Waals surface area contributed by atoms with Crippen molar-refractivity contribution < 1.29 is 4.74 Å². The van der Waals surface area contributed by atoms with Crippen LogP contribution in [0.3, 0.4) is 0 Å². The average molecular weight is 285 g/mol. The van der Waals surface area contributed by atoms with E-state index in [2.05, 4.69) is 44.8 Å². The van der Waals surface area contributed by atoms with Gasteiger partial charge in [0.1, 0.15) is 0 Å². The topological polar surface area (TPSA) is 21.3 Å². The Morgan fingerprint density at radius 2 is 1.95 bits per heavy atom. The molecule has 1 aliphatic carbocycles. The van der Waals surface area contributed by atoms with Gasteiger partial charge in [0.15, 0.2) is 0 Å². The summed E-state index contributed by atoms with van der Waals surface area (Å²) in [6.07, 6.45) is 5.37. The van der Waals surface area contributed by atoms with Crippen LogP contribution in [0.15, 0.2) is 0 Å². The number of ether oxygens (including phenoxy) is 1. The maximum atomic E-state index is 5.35. The Morgan fingerprint density at radius 1 is 1.21 bits per heavy atom. The fourth-order valence-electron chi connectivity index (χ4n) is 3.17. The lowest BCUT2D eigenvalue weighted by atomic mass is 9.71. The van der Waals surface area contributed by atoms with Crippen LogP contribution in [-0.4, -0.2) is 36.3 Å². The second-order valence-electron chi connectivity index (χ2n) is 7.27. The van der Waals surface area contributed by atoms with E-state index in [1.807, 2.05) is 0 Å². The molecule has 19 heavy (non-hydrogen) atoms. The van der Waals surface area contributed by atoms with Crippen LogP contribution in [0, 0.1) is 11.3 Å². The smallest absolute Gasteiger partial charge is 0.0608 e. The SMILES string of the molecule is CCCNC1CCC(C(C)(C)C)CC1SC1COC1. The van der Waals surface area contributed by atoms with Gasteiger partial charge >= 0.3 is 0 Å². The van der Waals surface area contributed by atoms with Gasteiger partial charge in [-0.1, -0.05) is 27.7 Å². The number of rotatable bonds is 5. The van der Waals surface area contributed by atoms with E-state index in [0.717, 1.165) is 35.7 Å². The van der Waals surface area contributed by atoms with Gasteiger partial charge in [-0.05, 0) is 43.6 Å². The summed E-state index contributed by atoms with van der Waals surface area (Å²) in [4.78, 5) is 0. The van der Waals surface area contributed by atoms with Crippen LogP contribution in [0.4, 0.5) is 0 Å². The Balaban J connectivity index is 1.92. The van der Waals surface area contributed by atoms with E-state index in [-0.39, 0.29) is 0 Å². The van der Waals surface area contributed by atoms with Gasteiger partial charge in [-0.15, -0.1) is 11.8 Å². The third kappa shape index (κ3) is 4.37. The van der Waals surface area contributed by atoms with Gasteiger partial charge in [0.25, 0.3) is 0 Å². The van der Waals surface area contributed by atoms with Gasteiger partial charge in [-0.2, -0.15) is 0 Å². The highest BCUT2D eigenvalue weighted by atomic mass is 32.2. The molecular weight excluding hydrogens is 254 g/mol. The van der Waals surface area contributed by atoms with Crippen molar-refractivity contribution in [3.8, 4) is 0 Å². The molecular formula is C16H31NOS. The minimum absolute atomic E-state index is 0.463. The standard InChI is InChI=1S/C16H31NOS/c1-5-8-17-14-7-6-12(16(2,3)4)9-15(14)19-13-10-18-11-13/h12-15,17H,5-11H2,1-4H3. The van der Waals surface area contributed by atoms with E-state index < -0.39 is 0 Å². The van der Waals surface area contributed by atoms with Crippen molar-refractivity contribution in [1.82, 2.24) is 5.32 Å². The van der Waals surface area contributed by atoms with Gasteiger partial charge < -0.3 is 10.1 Å². The Hall–Kier alpha value is 0.270. The summed E-state index contributed by atoms with van der Waals surface area (Å²) in [5.74, 6) is 0.880. The second kappa shape index (κ2) is 6.82. The molecule has 112 valence electrons. The van der Waals surface area contributed by atoms with Crippen LogP contribution < -0.4 is 5.32 Å². The van der Waals surface area contributed by atoms with Gasteiger partial charge in [-0.3, -0.25) is 0 Å². The van der Waals surface area contributed by atoms with Crippen LogP contribution >= 0.6 is 11.8 Å². The van der Waals surface area contributed by atoms with E-state index in [1.54, 1.807) is 0 Å². The van der Waals surface area contributed by atoms with E-state index in [9.17, 15) is 0 Å². The molecule has 0 aromatic carbocycles. The van der Waals surface area contributed by atoms with Crippen LogP contribution in [0.25, 0.3) is 0 Å².